The molecule has 0 atom stereocenters. The minimum absolute atomic E-state index is 0.0356. The number of carbonyl (C=O) groups is 1. The molecule has 8 nitrogen and oxygen atoms in total. The number of rotatable bonds is 5. The molecule has 0 saturated heterocycles. The van der Waals surface area contributed by atoms with Crippen molar-refractivity contribution in [3.8, 4) is 10.4 Å². The van der Waals surface area contributed by atoms with Gasteiger partial charge in [-0.3, -0.25) is 9.52 Å². The van der Waals surface area contributed by atoms with E-state index in [1.807, 2.05) is 0 Å². The van der Waals surface area contributed by atoms with Crippen molar-refractivity contribution in [3.05, 3.63) is 23.1 Å². The zero-order valence-corrected chi connectivity index (χ0v) is 15.8. The first-order valence-corrected chi connectivity index (χ1v) is 9.35. The smallest absolute Gasteiger partial charge is 0.301 e. The number of aromatic nitrogens is 2. The van der Waals surface area contributed by atoms with E-state index in [0.29, 0.717) is 16.4 Å². The molecule has 0 aromatic carbocycles. The molecule has 2 aromatic rings. The minimum Gasteiger partial charge on any atom is -0.302 e. The standard InChI is InChI=1S/C13H16ClN5O3S2/c1-7-11(23-13(16-7)17-8(2)20)9-5-10(12(14)15-6-9)18-24(21,22)19(3)4/h5-6,18H,1-4H3,(H,16,17,20). The van der Waals surface area contributed by atoms with E-state index >= 15 is 0 Å². The van der Waals surface area contributed by atoms with E-state index in [9.17, 15) is 13.2 Å². The van der Waals surface area contributed by atoms with Gasteiger partial charge in [-0.1, -0.05) is 22.9 Å². The number of thiazole rings is 1. The van der Waals surface area contributed by atoms with Crippen LogP contribution in [0.1, 0.15) is 12.6 Å². The van der Waals surface area contributed by atoms with Crippen molar-refractivity contribution in [3.63, 3.8) is 0 Å². The van der Waals surface area contributed by atoms with Gasteiger partial charge in [0.2, 0.25) is 5.91 Å². The van der Waals surface area contributed by atoms with Gasteiger partial charge >= 0.3 is 10.2 Å². The molecule has 0 aliphatic carbocycles. The lowest BCUT2D eigenvalue weighted by Gasteiger charge is -2.14. The van der Waals surface area contributed by atoms with Crippen molar-refractivity contribution in [2.24, 2.45) is 0 Å². The number of pyridine rings is 1. The molecule has 130 valence electrons. The van der Waals surface area contributed by atoms with Crippen LogP contribution in [0.5, 0.6) is 0 Å². The lowest BCUT2D eigenvalue weighted by molar-refractivity contribution is -0.114. The topological polar surface area (TPSA) is 104 Å². The molecular weight excluding hydrogens is 374 g/mol. The van der Waals surface area contributed by atoms with Crippen LogP contribution in [0.3, 0.4) is 0 Å². The van der Waals surface area contributed by atoms with Gasteiger partial charge in [0, 0.05) is 32.8 Å². The van der Waals surface area contributed by atoms with Gasteiger partial charge < -0.3 is 5.32 Å². The highest BCUT2D eigenvalue weighted by Gasteiger charge is 2.18. The lowest BCUT2D eigenvalue weighted by Crippen LogP contribution is -2.29. The third-order valence-electron chi connectivity index (χ3n) is 2.90. The van der Waals surface area contributed by atoms with E-state index in [0.717, 1.165) is 9.18 Å². The van der Waals surface area contributed by atoms with Gasteiger partial charge in [-0.05, 0) is 13.0 Å². The molecule has 2 N–H and O–H groups in total. The number of nitrogens with one attached hydrogen (secondary N) is 2. The van der Waals surface area contributed by atoms with Crippen LogP contribution in [0, 0.1) is 6.92 Å². The Morgan fingerprint density at radius 1 is 1.38 bits per heavy atom. The van der Waals surface area contributed by atoms with Crippen molar-refractivity contribution in [1.29, 1.82) is 0 Å². The summed E-state index contributed by atoms with van der Waals surface area (Å²) in [5.74, 6) is -0.219. The zero-order chi connectivity index (χ0) is 18.1. The van der Waals surface area contributed by atoms with Crippen LogP contribution in [0.15, 0.2) is 12.3 Å². The highest BCUT2D eigenvalue weighted by molar-refractivity contribution is 7.90. The first-order chi connectivity index (χ1) is 11.1. The summed E-state index contributed by atoms with van der Waals surface area (Å²) in [5.41, 5.74) is 1.49. The number of hydrogen-bond acceptors (Lipinski definition) is 6. The van der Waals surface area contributed by atoms with Crippen molar-refractivity contribution in [2.75, 3.05) is 24.1 Å². The highest BCUT2D eigenvalue weighted by Crippen LogP contribution is 2.35. The fraction of sp³-hybridized carbons (Fsp3) is 0.308. The van der Waals surface area contributed by atoms with Crippen LogP contribution in [0.25, 0.3) is 10.4 Å². The molecular formula is C13H16ClN5O3S2. The van der Waals surface area contributed by atoms with E-state index in [2.05, 4.69) is 20.0 Å². The molecule has 0 aliphatic rings. The van der Waals surface area contributed by atoms with Gasteiger partial charge in [0.05, 0.1) is 16.3 Å². The van der Waals surface area contributed by atoms with E-state index in [1.165, 1.54) is 38.6 Å². The van der Waals surface area contributed by atoms with Gasteiger partial charge in [-0.15, -0.1) is 0 Å². The van der Waals surface area contributed by atoms with Crippen LogP contribution >= 0.6 is 22.9 Å². The van der Waals surface area contributed by atoms with Gasteiger partial charge in [0.1, 0.15) is 0 Å². The molecule has 2 aromatic heterocycles. The summed E-state index contributed by atoms with van der Waals surface area (Å²) in [5, 5.41) is 3.11. The number of nitrogens with zero attached hydrogens (tertiary/aromatic N) is 3. The Bertz CT molecular complexity index is 880. The number of carbonyl (C=O) groups excluding carboxylic acids is 1. The molecule has 0 spiro atoms. The average molecular weight is 390 g/mol. The molecule has 0 radical (unpaired) electrons. The molecule has 1 amide bonds. The predicted octanol–water partition coefficient (Wildman–Crippen LogP) is 2.34. The molecule has 2 heterocycles. The zero-order valence-electron chi connectivity index (χ0n) is 13.4. The van der Waals surface area contributed by atoms with Gasteiger partial charge in [0.25, 0.3) is 0 Å². The van der Waals surface area contributed by atoms with Crippen LogP contribution in [-0.4, -0.2) is 42.7 Å². The Morgan fingerprint density at radius 3 is 2.62 bits per heavy atom. The van der Waals surface area contributed by atoms with Gasteiger partial charge in [0.15, 0.2) is 10.3 Å². The summed E-state index contributed by atoms with van der Waals surface area (Å²) in [7, 11) is -0.897. The molecule has 24 heavy (non-hydrogen) atoms. The van der Waals surface area contributed by atoms with E-state index in [1.54, 1.807) is 13.0 Å². The van der Waals surface area contributed by atoms with Crippen molar-refractivity contribution in [2.45, 2.75) is 13.8 Å². The molecule has 11 heteroatoms. The maximum atomic E-state index is 12.0. The lowest BCUT2D eigenvalue weighted by atomic mass is 10.2. The van der Waals surface area contributed by atoms with Crippen molar-refractivity contribution in [1.82, 2.24) is 14.3 Å². The molecule has 0 fully saturated rings. The fourth-order valence-corrected chi connectivity index (χ4v) is 3.56. The number of aryl methyl sites for hydroxylation is 1. The fourth-order valence-electron chi connectivity index (χ4n) is 1.74. The summed E-state index contributed by atoms with van der Waals surface area (Å²) in [4.78, 5) is 20.2. The Kier molecular flexibility index (Phi) is 5.43. The summed E-state index contributed by atoms with van der Waals surface area (Å²) < 4.78 is 27.3. The Labute approximate surface area is 149 Å². The number of anilines is 2. The SMILES string of the molecule is CC(=O)Nc1nc(C)c(-c2cnc(Cl)c(NS(=O)(=O)N(C)C)c2)s1. The van der Waals surface area contributed by atoms with Crippen LogP contribution in [0.2, 0.25) is 5.15 Å². The van der Waals surface area contributed by atoms with E-state index < -0.39 is 10.2 Å². The van der Waals surface area contributed by atoms with Crippen molar-refractivity contribution >= 4 is 49.9 Å². The summed E-state index contributed by atoms with van der Waals surface area (Å²) in [6.07, 6.45) is 1.52. The molecule has 2 rings (SSSR count). The second-order valence-corrected chi connectivity index (χ2v) is 8.31. The highest BCUT2D eigenvalue weighted by atomic mass is 35.5. The van der Waals surface area contributed by atoms with Crippen LogP contribution < -0.4 is 10.0 Å². The van der Waals surface area contributed by atoms with Crippen molar-refractivity contribution < 1.29 is 13.2 Å². The van der Waals surface area contributed by atoms with E-state index in [4.69, 9.17) is 11.6 Å². The number of amides is 1. The molecule has 0 unspecified atom stereocenters. The Morgan fingerprint density at radius 2 is 2.04 bits per heavy atom. The first-order valence-electron chi connectivity index (χ1n) is 6.71. The van der Waals surface area contributed by atoms with Gasteiger partial charge in [-0.2, -0.15) is 12.7 Å². The largest absolute Gasteiger partial charge is 0.302 e. The third kappa shape index (κ3) is 4.20. The monoisotopic (exact) mass is 389 g/mol. The first kappa shape index (κ1) is 18.6. The second kappa shape index (κ2) is 7.01. The summed E-state index contributed by atoms with van der Waals surface area (Å²) in [6, 6.07) is 1.58. The maximum Gasteiger partial charge on any atom is 0.301 e. The second-order valence-electron chi connectivity index (χ2n) is 5.07. The van der Waals surface area contributed by atoms with Crippen LogP contribution in [-0.2, 0) is 15.0 Å². The summed E-state index contributed by atoms with van der Waals surface area (Å²) >= 11 is 7.25. The minimum atomic E-state index is -3.70. The van der Waals surface area contributed by atoms with Crippen LogP contribution in [0.4, 0.5) is 10.8 Å². The number of hydrogen-bond donors (Lipinski definition) is 2. The third-order valence-corrected chi connectivity index (χ3v) is 5.76. The molecule has 0 bridgehead atoms. The Balaban J connectivity index is 2.41. The normalized spacial score (nSPS) is 11.6. The van der Waals surface area contributed by atoms with Gasteiger partial charge in [-0.25, -0.2) is 9.97 Å². The van der Waals surface area contributed by atoms with E-state index in [-0.39, 0.29) is 16.7 Å². The molecule has 0 saturated carbocycles. The Hall–Kier alpha value is -1.75. The molecule has 0 aliphatic heterocycles. The quantitative estimate of drug-likeness (QED) is 0.764. The summed E-state index contributed by atoms with van der Waals surface area (Å²) in [6.45, 7) is 3.18. The maximum absolute atomic E-state index is 12.0. The predicted molar refractivity (Wildman–Crippen MR) is 95.6 cm³/mol. The average Bonchev–Trinajstić information content (AvgIpc) is 2.80. The number of halogens is 1.